The maximum Gasteiger partial charge on any atom is 0.338 e. The first kappa shape index (κ1) is 32.3. The molecule has 0 spiro atoms. The standard InChI is InChI=1S/C36H34N2O7S2/c39-33(30(21-24-9-7-8-10-24)25-15-17-28(18-16-25)47(42,43)29-19-20-29)38-36-37-31(23-46-36)32(45-35(41)27-13-5-2-6-14-27)22-44-34(40)26-11-3-1-4-12-26/h1-6,11-18,21,23-24,29,32H,7-10,19-20,22H2,(H,37,38,39)/b30-21+/t32-/m0/s1. The first-order valence-corrected chi connectivity index (χ1v) is 18.0. The van der Waals surface area contributed by atoms with Gasteiger partial charge in [-0.15, -0.1) is 11.3 Å². The zero-order chi connectivity index (χ0) is 32.8. The number of carbonyl (C=O) groups is 3. The Morgan fingerprint density at radius 1 is 0.830 bits per heavy atom. The van der Waals surface area contributed by atoms with Crippen molar-refractivity contribution in [1.82, 2.24) is 4.98 Å². The van der Waals surface area contributed by atoms with E-state index in [1.54, 1.807) is 90.3 Å². The van der Waals surface area contributed by atoms with Crippen molar-refractivity contribution in [2.45, 2.75) is 54.8 Å². The van der Waals surface area contributed by atoms with Gasteiger partial charge in [-0.1, -0.05) is 67.4 Å². The van der Waals surface area contributed by atoms with Crippen molar-refractivity contribution in [3.8, 4) is 0 Å². The smallest absolute Gasteiger partial charge is 0.338 e. The van der Waals surface area contributed by atoms with Crippen LogP contribution in [0.15, 0.2) is 101 Å². The summed E-state index contributed by atoms with van der Waals surface area (Å²) in [4.78, 5) is 44.2. The Balaban J connectivity index is 1.21. The molecule has 47 heavy (non-hydrogen) atoms. The number of sulfone groups is 1. The van der Waals surface area contributed by atoms with Crippen molar-refractivity contribution in [2.24, 2.45) is 5.92 Å². The van der Waals surface area contributed by atoms with E-state index in [0.29, 0.717) is 40.8 Å². The van der Waals surface area contributed by atoms with E-state index in [-0.39, 0.29) is 33.7 Å². The monoisotopic (exact) mass is 670 g/mol. The van der Waals surface area contributed by atoms with Crippen LogP contribution in [0.4, 0.5) is 5.13 Å². The van der Waals surface area contributed by atoms with Gasteiger partial charge in [0.25, 0.3) is 5.91 Å². The third-order valence-corrected chi connectivity index (χ3v) is 11.3. The zero-order valence-corrected chi connectivity index (χ0v) is 27.2. The van der Waals surface area contributed by atoms with E-state index in [1.165, 1.54) is 0 Å². The maximum absolute atomic E-state index is 13.7. The normalized spacial score (nSPS) is 16.0. The second-order valence-electron chi connectivity index (χ2n) is 11.6. The molecule has 1 heterocycles. The van der Waals surface area contributed by atoms with Gasteiger partial charge in [-0.25, -0.2) is 23.0 Å². The van der Waals surface area contributed by atoms with Crippen LogP contribution in [0.3, 0.4) is 0 Å². The molecule has 9 nitrogen and oxygen atoms in total. The van der Waals surface area contributed by atoms with Gasteiger partial charge < -0.3 is 9.47 Å². The van der Waals surface area contributed by atoms with E-state index in [1.807, 2.05) is 6.08 Å². The topological polar surface area (TPSA) is 129 Å². The Labute approximate surface area is 277 Å². The fraction of sp³-hybridized carbons (Fsp3) is 0.278. The van der Waals surface area contributed by atoms with Crippen LogP contribution in [-0.4, -0.2) is 43.1 Å². The molecular weight excluding hydrogens is 637 g/mol. The molecule has 1 amide bonds. The Hall–Kier alpha value is -4.61. The van der Waals surface area contributed by atoms with Crippen molar-refractivity contribution in [3.05, 3.63) is 119 Å². The van der Waals surface area contributed by atoms with Crippen molar-refractivity contribution in [2.75, 3.05) is 11.9 Å². The molecule has 242 valence electrons. The molecule has 1 N–H and O–H groups in total. The minimum Gasteiger partial charge on any atom is -0.458 e. The van der Waals surface area contributed by atoms with Crippen molar-refractivity contribution >= 4 is 49.7 Å². The SMILES string of the molecule is O=C(Nc1nc([C@H](COC(=O)c2ccccc2)OC(=O)c2ccccc2)cs1)/C(=C/C1CCCC1)c1ccc(S(=O)(=O)C2CC2)cc1. The van der Waals surface area contributed by atoms with Gasteiger partial charge in [0.15, 0.2) is 21.1 Å². The molecule has 1 atom stereocenters. The number of carbonyl (C=O) groups excluding carboxylic acids is 3. The molecular formula is C36H34N2O7S2. The molecule has 2 aliphatic rings. The highest BCUT2D eigenvalue weighted by Gasteiger charge is 2.37. The summed E-state index contributed by atoms with van der Waals surface area (Å²) in [6.07, 6.45) is 6.41. The van der Waals surface area contributed by atoms with Gasteiger partial charge in [-0.05, 0) is 73.6 Å². The van der Waals surface area contributed by atoms with Gasteiger partial charge in [0, 0.05) is 11.0 Å². The summed E-state index contributed by atoms with van der Waals surface area (Å²) < 4.78 is 36.7. The maximum atomic E-state index is 13.7. The van der Waals surface area contributed by atoms with E-state index in [4.69, 9.17) is 9.47 Å². The highest BCUT2D eigenvalue weighted by molar-refractivity contribution is 7.92. The van der Waals surface area contributed by atoms with Crippen LogP contribution in [0.1, 0.15) is 76.6 Å². The molecule has 2 fully saturated rings. The van der Waals surface area contributed by atoms with Crippen LogP contribution in [0.2, 0.25) is 0 Å². The lowest BCUT2D eigenvalue weighted by Crippen LogP contribution is -2.20. The highest BCUT2D eigenvalue weighted by atomic mass is 32.2. The average molecular weight is 671 g/mol. The quantitative estimate of drug-likeness (QED) is 0.126. The molecule has 3 aromatic carbocycles. The van der Waals surface area contributed by atoms with Gasteiger partial charge >= 0.3 is 11.9 Å². The first-order chi connectivity index (χ1) is 22.8. The Morgan fingerprint density at radius 3 is 2.06 bits per heavy atom. The van der Waals surface area contributed by atoms with Crippen molar-refractivity contribution < 1.29 is 32.3 Å². The van der Waals surface area contributed by atoms with Crippen molar-refractivity contribution in [1.29, 1.82) is 0 Å². The number of anilines is 1. The Kier molecular flexibility index (Phi) is 9.93. The van der Waals surface area contributed by atoms with E-state index in [9.17, 15) is 22.8 Å². The molecule has 0 aliphatic heterocycles. The second-order valence-corrected chi connectivity index (χ2v) is 14.7. The highest BCUT2D eigenvalue weighted by Crippen LogP contribution is 2.35. The molecule has 0 saturated heterocycles. The largest absolute Gasteiger partial charge is 0.458 e. The molecule has 1 aromatic heterocycles. The molecule has 2 aliphatic carbocycles. The number of allylic oxidation sites excluding steroid dienone is 1. The number of esters is 2. The number of nitrogens with zero attached hydrogens (tertiary/aromatic N) is 1. The summed E-state index contributed by atoms with van der Waals surface area (Å²) in [5, 5.41) is 4.47. The predicted molar refractivity (Wildman–Crippen MR) is 179 cm³/mol. The predicted octanol–water partition coefficient (Wildman–Crippen LogP) is 7.05. The van der Waals surface area contributed by atoms with Gasteiger partial charge in [0.1, 0.15) is 6.61 Å². The van der Waals surface area contributed by atoms with Crippen LogP contribution < -0.4 is 5.32 Å². The third-order valence-electron chi connectivity index (χ3n) is 8.21. The molecule has 0 radical (unpaired) electrons. The average Bonchev–Trinajstić information content (AvgIpc) is 3.66. The number of ether oxygens (including phenoxy) is 2. The fourth-order valence-corrected chi connectivity index (χ4v) is 7.88. The number of benzene rings is 3. The van der Waals surface area contributed by atoms with Gasteiger partial charge in [-0.3, -0.25) is 10.1 Å². The molecule has 2 saturated carbocycles. The van der Waals surface area contributed by atoms with Crippen LogP contribution in [-0.2, 0) is 24.1 Å². The summed E-state index contributed by atoms with van der Waals surface area (Å²) >= 11 is 1.15. The molecule has 4 aromatic rings. The second kappa shape index (κ2) is 14.4. The van der Waals surface area contributed by atoms with E-state index in [2.05, 4.69) is 10.3 Å². The number of hydrogen-bond acceptors (Lipinski definition) is 9. The number of rotatable bonds is 12. The molecule has 0 unspecified atom stereocenters. The summed E-state index contributed by atoms with van der Waals surface area (Å²) in [6.45, 7) is -0.285. The van der Waals surface area contributed by atoms with Gasteiger partial charge in [0.05, 0.1) is 27.0 Å². The van der Waals surface area contributed by atoms with Gasteiger partial charge in [-0.2, -0.15) is 0 Å². The number of hydrogen-bond donors (Lipinski definition) is 1. The lowest BCUT2D eigenvalue weighted by atomic mass is 9.98. The van der Waals surface area contributed by atoms with Crippen LogP contribution in [0, 0.1) is 5.92 Å². The lowest BCUT2D eigenvalue weighted by Gasteiger charge is -2.16. The van der Waals surface area contributed by atoms with Crippen LogP contribution >= 0.6 is 11.3 Å². The molecule has 6 rings (SSSR count). The fourth-order valence-electron chi connectivity index (χ4n) is 5.47. The molecule has 0 bridgehead atoms. The number of nitrogens with one attached hydrogen (secondary N) is 1. The summed E-state index contributed by atoms with van der Waals surface area (Å²) in [6, 6.07) is 23.4. The minimum absolute atomic E-state index is 0.235. The zero-order valence-electron chi connectivity index (χ0n) is 25.5. The Bertz CT molecular complexity index is 1860. The Morgan fingerprint density at radius 2 is 1.45 bits per heavy atom. The minimum atomic E-state index is -3.35. The number of thiazole rings is 1. The van der Waals surface area contributed by atoms with Gasteiger partial charge in [0.2, 0.25) is 0 Å². The first-order valence-electron chi connectivity index (χ1n) is 15.6. The number of aromatic nitrogens is 1. The summed E-state index contributed by atoms with van der Waals surface area (Å²) in [5.41, 5.74) is 2.04. The summed E-state index contributed by atoms with van der Waals surface area (Å²) in [7, 11) is -3.35. The third kappa shape index (κ3) is 8.04. The number of amides is 1. The van der Waals surface area contributed by atoms with E-state index >= 15 is 0 Å². The van der Waals surface area contributed by atoms with E-state index < -0.39 is 27.9 Å². The van der Waals surface area contributed by atoms with Crippen molar-refractivity contribution in [3.63, 3.8) is 0 Å². The molecule has 11 heteroatoms. The van der Waals surface area contributed by atoms with E-state index in [0.717, 1.165) is 37.0 Å². The summed E-state index contributed by atoms with van der Waals surface area (Å²) in [5.74, 6) is -1.34. The lowest BCUT2D eigenvalue weighted by molar-refractivity contribution is -0.111. The van der Waals surface area contributed by atoms with Crippen LogP contribution in [0.25, 0.3) is 5.57 Å². The van der Waals surface area contributed by atoms with Crippen LogP contribution in [0.5, 0.6) is 0 Å².